The van der Waals surface area contributed by atoms with Crippen LogP contribution in [0.25, 0.3) is 0 Å². The third-order valence-corrected chi connectivity index (χ3v) is 4.44. The van der Waals surface area contributed by atoms with Gasteiger partial charge in [-0.3, -0.25) is 9.98 Å². The van der Waals surface area contributed by atoms with Gasteiger partial charge in [-0.05, 0) is 69.4 Å². The summed E-state index contributed by atoms with van der Waals surface area (Å²) in [5.74, 6) is 1.27. The third kappa shape index (κ3) is 6.41. The van der Waals surface area contributed by atoms with Gasteiger partial charge in [0.1, 0.15) is 0 Å². The van der Waals surface area contributed by atoms with E-state index in [1.165, 1.54) is 28.1 Å². The molecule has 2 nitrogen and oxygen atoms in total. The van der Waals surface area contributed by atoms with Crippen LogP contribution in [0.3, 0.4) is 0 Å². The Morgan fingerprint density at radius 1 is 0.800 bits per heavy atom. The van der Waals surface area contributed by atoms with Gasteiger partial charge in [-0.25, -0.2) is 0 Å². The van der Waals surface area contributed by atoms with E-state index in [9.17, 15) is 0 Å². The quantitative estimate of drug-likeness (QED) is 0.440. The van der Waals surface area contributed by atoms with Crippen molar-refractivity contribution in [2.24, 2.45) is 21.8 Å². The van der Waals surface area contributed by atoms with Gasteiger partial charge in [-0.1, -0.05) is 47.6 Å². The first-order valence-electron chi connectivity index (χ1n) is 9.93. The van der Waals surface area contributed by atoms with Crippen LogP contribution in [-0.4, -0.2) is 11.4 Å². The normalized spacial score (nSPS) is 13.2. The van der Waals surface area contributed by atoms with E-state index in [0.717, 1.165) is 37.1 Å². The van der Waals surface area contributed by atoms with Crippen molar-refractivity contribution < 1.29 is 0 Å². The van der Waals surface area contributed by atoms with Crippen LogP contribution in [0.2, 0.25) is 0 Å². The van der Waals surface area contributed by atoms with Crippen LogP contribution in [0.15, 0.2) is 16.1 Å². The fourth-order valence-corrected chi connectivity index (χ4v) is 3.45. The second-order valence-corrected chi connectivity index (χ2v) is 8.11. The largest absolute Gasteiger partial charge is 0.257 e. The minimum Gasteiger partial charge on any atom is -0.257 e. The van der Waals surface area contributed by atoms with Gasteiger partial charge < -0.3 is 0 Å². The van der Waals surface area contributed by atoms with Gasteiger partial charge in [0.05, 0.1) is 11.4 Å². The number of benzene rings is 1. The highest BCUT2D eigenvalue weighted by atomic mass is 14.8. The number of hydrogen-bond donors (Lipinski definition) is 0. The Kier molecular flexibility index (Phi) is 8.55. The van der Waals surface area contributed by atoms with Gasteiger partial charge in [0.15, 0.2) is 0 Å². The molecule has 0 unspecified atom stereocenters. The zero-order valence-corrected chi connectivity index (χ0v) is 18.0. The number of rotatable bonds is 8. The average molecular weight is 343 g/mol. The molecular weight excluding hydrogens is 304 g/mol. The summed E-state index contributed by atoms with van der Waals surface area (Å²) in [5.41, 5.74) is 8.65. The van der Waals surface area contributed by atoms with Gasteiger partial charge in [-0.2, -0.15) is 0 Å². The van der Waals surface area contributed by atoms with E-state index in [2.05, 4.69) is 68.4 Å². The Hall–Kier alpha value is -1.44. The van der Waals surface area contributed by atoms with Crippen LogP contribution in [0, 0.1) is 18.8 Å². The lowest BCUT2D eigenvalue weighted by molar-refractivity contribution is 0.682. The van der Waals surface area contributed by atoms with Crippen molar-refractivity contribution >= 4 is 22.8 Å². The summed E-state index contributed by atoms with van der Waals surface area (Å²) in [5, 5.41) is 0. The van der Waals surface area contributed by atoms with Crippen LogP contribution in [0.5, 0.6) is 0 Å². The molecule has 0 aromatic heterocycles. The summed E-state index contributed by atoms with van der Waals surface area (Å²) in [4.78, 5) is 10.0. The molecule has 0 heterocycles. The molecule has 0 amide bonds. The summed E-state index contributed by atoms with van der Waals surface area (Å²) in [7, 11) is 0. The molecule has 0 saturated heterocycles. The van der Waals surface area contributed by atoms with Crippen molar-refractivity contribution in [3.8, 4) is 0 Å². The second kappa shape index (κ2) is 9.89. The SMILES string of the molecule is CCc1cc(CC)c(/N=C(\C)CC(C)C)c(C)c1/N=C(\C)CC(C)C. The summed E-state index contributed by atoms with van der Waals surface area (Å²) >= 11 is 0. The topological polar surface area (TPSA) is 24.7 Å². The van der Waals surface area contributed by atoms with Crippen LogP contribution >= 0.6 is 0 Å². The van der Waals surface area contributed by atoms with E-state index >= 15 is 0 Å². The Bertz CT molecular complexity index is 582. The molecule has 0 atom stereocenters. The molecule has 1 aromatic rings. The molecule has 0 aliphatic heterocycles. The highest BCUT2D eigenvalue weighted by Gasteiger charge is 2.14. The molecule has 0 bridgehead atoms. The fourth-order valence-electron chi connectivity index (χ4n) is 3.45. The van der Waals surface area contributed by atoms with Crippen LogP contribution < -0.4 is 0 Å². The lowest BCUT2D eigenvalue weighted by atomic mass is 9.97. The molecule has 140 valence electrons. The lowest BCUT2D eigenvalue weighted by Crippen LogP contribution is -2.01. The molecule has 0 saturated carbocycles. The minimum absolute atomic E-state index is 0.634. The number of aliphatic imine (C=N–C) groups is 2. The molecule has 0 fully saturated rings. The Labute approximate surface area is 155 Å². The van der Waals surface area contributed by atoms with Gasteiger partial charge in [-0.15, -0.1) is 0 Å². The highest BCUT2D eigenvalue weighted by molar-refractivity contribution is 5.89. The molecule has 0 radical (unpaired) electrons. The van der Waals surface area contributed by atoms with Gasteiger partial charge in [0, 0.05) is 17.0 Å². The molecular formula is C23H38N2. The molecule has 0 aliphatic rings. The average Bonchev–Trinajstić information content (AvgIpc) is 2.49. The predicted molar refractivity (Wildman–Crippen MR) is 114 cm³/mol. The van der Waals surface area contributed by atoms with Crippen molar-refractivity contribution in [3.63, 3.8) is 0 Å². The maximum atomic E-state index is 5.02. The minimum atomic E-state index is 0.634. The van der Waals surface area contributed by atoms with Crippen molar-refractivity contribution in [3.05, 3.63) is 22.8 Å². The third-order valence-electron chi connectivity index (χ3n) is 4.44. The number of hydrogen-bond acceptors (Lipinski definition) is 2. The van der Waals surface area contributed by atoms with Gasteiger partial charge in [0.2, 0.25) is 0 Å². The lowest BCUT2D eigenvalue weighted by Gasteiger charge is -2.17. The van der Waals surface area contributed by atoms with E-state index in [0.29, 0.717) is 11.8 Å². The van der Waals surface area contributed by atoms with E-state index < -0.39 is 0 Å². The van der Waals surface area contributed by atoms with Crippen molar-refractivity contribution in [1.82, 2.24) is 0 Å². The standard InChI is InChI=1S/C23H38N2/c1-10-20-14-21(11-2)23(25-18(8)13-16(5)6)19(9)22(20)24-17(7)12-15(3)4/h14-16H,10-13H2,1-9H3/b24-17+,25-18+. The number of nitrogens with zero attached hydrogens (tertiary/aromatic N) is 2. The Morgan fingerprint density at radius 3 is 1.44 bits per heavy atom. The molecule has 25 heavy (non-hydrogen) atoms. The van der Waals surface area contributed by atoms with Crippen molar-refractivity contribution in [2.45, 2.75) is 88.0 Å². The Morgan fingerprint density at radius 2 is 1.16 bits per heavy atom. The summed E-state index contributed by atoms with van der Waals surface area (Å²) < 4.78 is 0. The zero-order valence-electron chi connectivity index (χ0n) is 18.0. The first-order chi connectivity index (χ1) is 11.7. The summed E-state index contributed by atoms with van der Waals surface area (Å²) in [6.07, 6.45) is 4.11. The Balaban J connectivity index is 3.50. The van der Waals surface area contributed by atoms with Crippen molar-refractivity contribution in [1.29, 1.82) is 0 Å². The smallest absolute Gasteiger partial charge is 0.0711 e. The van der Waals surface area contributed by atoms with E-state index in [4.69, 9.17) is 9.98 Å². The maximum Gasteiger partial charge on any atom is 0.0711 e. The van der Waals surface area contributed by atoms with E-state index in [1.807, 2.05) is 0 Å². The molecule has 0 aliphatic carbocycles. The maximum absolute atomic E-state index is 5.02. The fraction of sp³-hybridized carbons (Fsp3) is 0.652. The van der Waals surface area contributed by atoms with Crippen LogP contribution in [0.4, 0.5) is 11.4 Å². The highest BCUT2D eigenvalue weighted by Crippen LogP contribution is 2.37. The molecule has 0 N–H and O–H groups in total. The van der Waals surface area contributed by atoms with Crippen LogP contribution in [-0.2, 0) is 12.8 Å². The number of aryl methyl sites for hydroxylation is 2. The van der Waals surface area contributed by atoms with Gasteiger partial charge >= 0.3 is 0 Å². The van der Waals surface area contributed by atoms with Gasteiger partial charge in [0.25, 0.3) is 0 Å². The molecule has 1 rings (SSSR count). The van der Waals surface area contributed by atoms with E-state index in [1.54, 1.807) is 0 Å². The molecule has 0 spiro atoms. The summed E-state index contributed by atoms with van der Waals surface area (Å²) in [6.45, 7) is 19.9. The first kappa shape index (κ1) is 21.6. The van der Waals surface area contributed by atoms with E-state index in [-0.39, 0.29) is 0 Å². The predicted octanol–water partition coefficient (Wildman–Crippen LogP) is 7.40. The molecule has 1 aromatic carbocycles. The van der Waals surface area contributed by atoms with Crippen molar-refractivity contribution in [2.75, 3.05) is 0 Å². The second-order valence-electron chi connectivity index (χ2n) is 8.11. The zero-order chi connectivity index (χ0) is 19.1. The first-order valence-corrected chi connectivity index (χ1v) is 9.93. The van der Waals surface area contributed by atoms with Crippen LogP contribution in [0.1, 0.15) is 84.9 Å². The monoisotopic (exact) mass is 342 g/mol. The summed E-state index contributed by atoms with van der Waals surface area (Å²) in [6, 6.07) is 2.33. The molecule has 2 heteroatoms.